The molecule has 0 aliphatic carbocycles. The third-order valence-corrected chi connectivity index (χ3v) is 3.26. The lowest BCUT2D eigenvalue weighted by Gasteiger charge is -2.22. The number of rotatable bonds is 1. The summed E-state index contributed by atoms with van der Waals surface area (Å²) in [5, 5.41) is 2.85. The molecule has 0 bridgehead atoms. The van der Waals surface area contributed by atoms with Crippen LogP contribution in [0.15, 0.2) is 16.7 Å². The first-order valence-corrected chi connectivity index (χ1v) is 5.63. The van der Waals surface area contributed by atoms with E-state index in [2.05, 4.69) is 26.2 Å². The van der Waals surface area contributed by atoms with E-state index < -0.39 is 0 Å². The van der Waals surface area contributed by atoms with Crippen molar-refractivity contribution in [2.24, 2.45) is 0 Å². The van der Waals surface area contributed by atoms with Crippen LogP contribution in [0.3, 0.4) is 0 Å². The molecule has 1 unspecified atom stereocenters. The summed E-state index contributed by atoms with van der Waals surface area (Å²) in [6.45, 7) is 0.691. The molecule has 0 radical (unpaired) electrons. The molecule has 80 valence electrons. The number of halogens is 1. The van der Waals surface area contributed by atoms with Gasteiger partial charge in [-0.25, -0.2) is 4.98 Å². The van der Waals surface area contributed by atoms with Gasteiger partial charge in [0.1, 0.15) is 5.82 Å². The lowest BCUT2D eigenvalue weighted by atomic mass is 9.93. The molecule has 0 aromatic carbocycles. The molecule has 1 atom stereocenters. The highest BCUT2D eigenvalue weighted by atomic mass is 79.9. The Labute approximate surface area is 96.4 Å². The minimum Gasteiger partial charge on any atom is -0.383 e. The molecule has 2 heterocycles. The second-order valence-electron chi connectivity index (χ2n) is 3.68. The summed E-state index contributed by atoms with van der Waals surface area (Å²) in [5.74, 6) is 0.986. The van der Waals surface area contributed by atoms with Crippen molar-refractivity contribution in [1.82, 2.24) is 10.3 Å². The van der Waals surface area contributed by atoms with E-state index in [0.29, 0.717) is 24.7 Å². The molecule has 1 saturated heterocycles. The number of hydrogen-bond donors (Lipinski definition) is 2. The first kappa shape index (κ1) is 10.4. The fourth-order valence-electron chi connectivity index (χ4n) is 1.70. The van der Waals surface area contributed by atoms with E-state index in [1.807, 2.05) is 6.07 Å². The van der Waals surface area contributed by atoms with Gasteiger partial charge in [-0.3, -0.25) is 4.79 Å². The summed E-state index contributed by atoms with van der Waals surface area (Å²) in [5.41, 5.74) is 6.73. The predicted molar refractivity (Wildman–Crippen MR) is 61.3 cm³/mol. The third kappa shape index (κ3) is 2.28. The van der Waals surface area contributed by atoms with Crippen molar-refractivity contribution in [1.29, 1.82) is 0 Å². The van der Waals surface area contributed by atoms with Gasteiger partial charge in [-0.2, -0.15) is 0 Å². The molecular weight excluding hydrogens is 258 g/mol. The molecule has 0 spiro atoms. The maximum Gasteiger partial charge on any atom is 0.220 e. The SMILES string of the molecule is Nc1ncc(C2CCC(=O)NC2)cc1Br. The average molecular weight is 270 g/mol. The fourth-order valence-corrected chi connectivity index (χ4v) is 2.07. The minimum atomic E-state index is 0.133. The van der Waals surface area contributed by atoms with Crippen molar-refractivity contribution in [2.45, 2.75) is 18.8 Å². The van der Waals surface area contributed by atoms with Gasteiger partial charge in [-0.15, -0.1) is 0 Å². The Morgan fingerprint density at radius 3 is 3.00 bits per heavy atom. The number of amides is 1. The molecule has 15 heavy (non-hydrogen) atoms. The Morgan fingerprint density at radius 2 is 2.40 bits per heavy atom. The van der Waals surface area contributed by atoms with Crippen LogP contribution in [0.25, 0.3) is 0 Å². The number of carbonyl (C=O) groups is 1. The van der Waals surface area contributed by atoms with Crippen LogP contribution in [0, 0.1) is 0 Å². The molecule has 4 nitrogen and oxygen atoms in total. The van der Waals surface area contributed by atoms with E-state index in [1.165, 1.54) is 0 Å². The Hall–Kier alpha value is -1.10. The summed E-state index contributed by atoms with van der Waals surface area (Å²) < 4.78 is 0.817. The van der Waals surface area contributed by atoms with Gasteiger partial charge in [0.15, 0.2) is 0 Å². The molecular formula is C10H12BrN3O. The van der Waals surface area contributed by atoms with E-state index in [9.17, 15) is 4.79 Å². The van der Waals surface area contributed by atoms with Gasteiger partial charge in [-0.1, -0.05) is 0 Å². The smallest absolute Gasteiger partial charge is 0.220 e. The number of nitrogens with two attached hydrogens (primary N) is 1. The van der Waals surface area contributed by atoms with Gasteiger partial charge in [-0.05, 0) is 34.0 Å². The summed E-state index contributed by atoms with van der Waals surface area (Å²) in [4.78, 5) is 15.1. The number of aromatic nitrogens is 1. The van der Waals surface area contributed by atoms with Crippen LogP contribution in [0.5, 0.6) is 0 Å². The third-order valence-electron chi connectivity index (χ3n) is 2.63. The predicted octanol–water partition coefficient (Wildman–Crippen LogP) is 1.42. The molecule has 0 saturated carbocycles. The monoisotopic (exact) mass is 269 g/mol. The maximum atomic E-state index is 11.0. The van der Waals surface area contributed by atoms with Gasteiger partial charge < -0.3 is 11.1 Å². The minimum absolute atomic E-state index is 0.133. The molecule has 1 amide bonds. The lowest BCUT2D eigenvalue weighted by molar-refractivity contribution is -0.122. The van der Waals surface area contributed by atoms with Crippen molar-refractivity contribution < 1.29 is 4.79 Å². The fraction of sp³-hybridized carbons (Fsp3) is 0.400. The molecule has 1 aliphatic rings. The zero-order valence-electron chi connectivity index (χ0n) is 8.16. The molecule has 3 N–H and O–H groups in total. The zero-order chi connectivity index (χ0) is 10.8. The van der Waals surface area contributed by atoms with Crippen LogP contribution >= 0.6 is 15.9 Å². The number of piperidine rings is 1. The molecule has 5 heteroatoms. The van der Waals surface area contributed by atoms with Gasteiger partial charge in [0.25, 0.3) is 0 Å². The first-order valence-electron chi connectivity index (χ1n) is 4.84. The van der Waals surface area contributed by atoms with Gasteiger partial charge in [0.2, 0.25) is 5.91 Å². The lowest BCUT2D eigenvalue weighted by Crippen LogP contribution is -2.33. The number of pyridine rings is 1. The summed E-state index contributed by atoms with van der Waals surface area (Å²) in [6.07, 6.45) is 3.25. The Bertz CT molecular complexity index is 384. The molecule has 1 fully saturated rings. The zero-order valence-corrected chi connectivity index (χ0v) is 9.75. The molecule has 1 aliphatic heterocycles. The van der Waals surface area contributed by atoms with Crippen molar-refractivity contribution >= 4 is 27.7 Å². The van der Waals surface area contributed by atoms with Crippen molar-refractivity contribution in [2.75, 3.05) is 12.3 Å². The number of nitrogens with zero attached hydrogens (tertiary/aromatic N) is 1. The second-order valence-corrected chi connectivity index (χ2v) is 4.53. The first-order chi connectivity index (χ1) is 7.16. The Morgan fingerprint density at radius 1 is 1.60 bits per heavy atom. The van der Waals surface area contributed by atoms with E-state index in [-0.39, 0.29) is 5.91 Å². The van der Waals surface area contributed by atoms with Crippen LogP contribution in [-0.4, -0.2) is 17.4 Å². The summed E-state index contributed by atoms with van der Waals surface area (Å²) in [6, 6.07) is 1.98. The van der Waals surface area contributed by atoms with Crippen LogP contribution < -0.4 is 11.1 Å². The Kier molecular flexibility index (Phi) is 2.90. The highest BCUT2D eigenvalue weighted by molar-refractivity contribution is 9.10. The van der Waals surface area contributed by atoms with Crippen molar-refractivity contribution in [3.05, 3.63) is 22.3 Å². The number of anilines is 1. The number of nitrogens with one attached hydrogen (secondary N) is 1. The standard InChI is InChI=1S/C10H12BrN3O/c11-8-3-7(5-14-10(8)12)6-1-2-9(15)13-4-6/h3,5-6H,1-2,4H2,(H2,12,14)(H,13,15). The van der Waals surface area contributed by atoms with E-state index in [4.69, 9.17) is 5.73 Å². The molecule has 2 rings (SSSR count). The number of nitrogen functional groups attached to an aromatic ring is 1. The maximum absolute atomic E-state index is 11.0. The van der Waals surface area contributed by atoms with Crippen LogP contribution in [0.4, 0.5) is 5.82 Å². The molecule has 1 aromatic heterocycles. The molecule has 1 aromatic rings. The van der Waals surface area contributed by atoms with Gasteiger partial charge in [0, 0.05) is 25.1 Å². The quantitative estimate of drug-likeness (QED) is 0.811. The number of carbonyl (C=O) groups excluding carboxylic acids is 1. The second kappa shape index (κ2) is 4.18. The Balaban J connectivity index is 2.16. The van der Waals surface area contributed by atoms with Crippen LogP contribution in [0.1, 0.15) is 24.3 Å². The highest BCUT2D eigenvalue weighted by Crippen LogP contribution is 2.27. The van der Waals surface area contributed by atoms with Gasteiger partial charge in [0.05, 0.1) is 4.47 Å². The van der Waals surface area contributed by atoms with E-state index >= 15 is 0 Å². The summed E-state index contributed by atoms with van der Waals surface area (Å²) in [7, 11) is 0. The van der Waals surface area contributed by atoms with E-state index in [0.717, 1.165) is 16.5 Å². The van der Waals surface area contributed by atoms with Crippen LogP contribution in [0.2, 0.25) is 0 Å². The normalized spacial score (nSPS) is 21.1. The van der Waals surface area contributed by atoms with Crippen LogP contribution in [-0.2, 0) is 4.79 Å². The highest BCUT2D eigenvalue weighted by Gasteiger charge is 2.20. The van der Waals surface area contributed by atoms with Crippen molar-refractivity contribution in [3.8, 4) is 0 Å². The average Bonchev–Trinajstić information content (AvgIpc) is 2.23. The van der Waals surface area contributed by atoms with E-state index in [1.54, 1.807) is 6.20 Å². The van der Waals surface area contributed by atoms with Gasteiger partial charge >= 0.3 is 0 Å². The topological polar surface area (TPSA) is 68.0 Å². The largest absolute Gasteiger partial charge is 0.383 e. The number of hydrogen-bond acceptors (Lipinski definition) is 3. The van der Waals surface area contributed by atoms with Crippen molar-refractivity contribution in [3.63, 3.8) is 0 Å². The summed E-state index contributed by atoms with van der Waals surface area (Å²) >= 11 is 3.35.